The topological polar surface area (TPSA) is 113 Å². The van der Waals surface area contributed by atoms with E-state index in [9.17, 15) is 19.0 Å². The summed E-state index contributed by atoms with van der Waals surface area (Å²) in [6, 6.07) is 24.6. The second-order valence-electron chi connectivity index (χ2n) is 7.04. The van der Waals surface area contributed by atoms with E-state index in [1.165, 1.54) is 18.3 Å². The van der Waals surface area contributed by atoms with Gasteiger partial charge in [-0.3, -0.25) is 18.4 Å². The first kappa shape index (κ1) is 22.3. The minimum absolute atomic E-state index is 0.0312. The summed E-state index contributed by atoms with van der Waals surface area (Å²) in [6.07, 6.45) is 1.63. The lowest BCUT2D eigenvalue weighted by Gasteiger charge is -2.33. The minimum Gasteiger partial charge on any atom is -0.504 e. The number of hydrogen-bond donors (Lipinski definition) is 4. The fourth-order valence-corrected chi connectivity index (χ4v) is 4.05. The van der Waals surface area contributed by atoms with Gasteiger partial charge in [-0.1, -0.05) is 59.3 Å². The van der Waals surface area contributed by atoms with E-state index in [0.717, 1.165) is 16.3 Å². The highest BCUT2D eigenvalue weighted by molar-refractivity contribution is 8.25. The molecule has 0 bridgehead atoms. The molecule has 0 aliphatic rings. The summed E-state index contributed by atoms with van der Waals surface area (Å²) in [5, 5.41) is 10.2. The van der Waals surface area contributed by atoms with Crippen molar-refractivity contribution in [3.05, 3.63) is 103 Å². The normalized spacial score (nSPS) is 11.6. The molecule has 0 amide bonds. The Hall–Kier alpha value is -3.92. The fourth-order valence-electron chi connectivity index (χ4n) is 2.96. The molecule has 1 heterocycles. The van der Waals surface area contributed by atoms with Crippen LogP contribution in [0.3, 0.4) is 0 Å². The van der Waals surface area contributed by atoms with E-state index < -0.39 is 16.9 Å². The summed E-state index contributed by atoms with van der Waals surface area (Å²) in [4.78, 5) is 12.5. The zero-order chi connectivity index (χ0) is 23.3. The molecule has 1 aromatic heterocycles. The van der Waals surface area contributed by atoms with Crippen LogP contribution < -0.4 is 9.46 Å². The second kappa shape index (κ2) is 9.70. The van der Waals surface area contributed by atoms with Crippen molar-refractivity contribution in [2.24, 2.45) is 0 Å². The molecule has 0 saturated carbocycles. The maximum atomic E-state index is 12.3. The first-order chi connectivity index (χ1) is 15.9. The molecule has 0 radical (unpaired) electrons. The highest BCUT2D eigenvalue weighted by Gasteiger charge is 2.20. The first-order valence-corrected chi connectivity index (χ1v) is 11.5. The summed E-state index contributed by atoms with van der Waals surface area (Å²) in [5.41, 5.74) is 0.783. The average molecular weight is 467 g/mol. The van der Waals surface area contributed by atoms with Crippen molar-refractivity contribution in [1.82, 2.24) is 4.57 Å². The van der Waals surface area contributed by atoms with Gasteiger partial charge in [-0.25, -0.2) is 4.79 Å². The number of nitrogens with zero attached hydrogens (tertiary/aromatic N) is 1. The maximum absolute atomic E-state index is 12.3. The predicted octanol–water partition coefficient (Wildman–Crippen LogP) is 6.31. The molecule has 0 saturated heterocycles. The minimum atomic E-state index is -3.52. The Balaban J connectivity index is 1.41. The van der Waals surface area contributed by atoms with Crippen molar-refractivity contribution in [2.45, 2.75) is 11.5 Å². The monoisotopic (exact) mass is 466 g/mol. The van der Waals surface area contributed by atoms with Crippen molar-refractivity contribution in [3.63, 3.8) is 0 Å². The van der Waals surface area contributed by atoms with E-state index in [1.807, 2.05) is 48.5 Å². The third-order valence-corrected chi connectivity index (χ3v) is 6.04. The summed E-state index contributed by atoms with van der Waals surface area (Å²) in [6.45, 7) is 0.0635. The van der Waals surface area contributed by atoms with E-state index >= 15 is 0 Å². The van der Waals surface area contributed by atoms with E-state index in [0.29, 0.717) is 11.5 Å². The Labute approximate surface area is 192 Å². The van der Waals surface area contributed by atoms with E-state index in [2.05, 4.69) is 4.72 Å². The van der Waals surface area contributed by atoms with E-state index in [-0.39, 0.29) is 22.9 Å². The highest BCUT2D eigenvalue weighted by atomic mass is 32.3. The molecule has 0 aliphatic heterocycles. The largest absolute Gasteiger partial charge is 0.504 e. The number of anilines is 1. The van der Waals surface area contributed by atoms with E-state index in [1.54, 1.807) is 24.3 Å². The van der Waals surface area contributed by atoms with Crippen LogP contribution in [0.15, 0.2) is 102 Å². The Morgan fingerprint density at radius 1 is 0.848 bits per heavy atom. The fraction of sp³-hybridized carbons (Fsp3) is 0.0417. The molecule has 3 aromatic carbocycles. The maximum Gasteiger partial charge on any atom is 0.418 e. The van der Waals surface area contributed by atoms with Crippen molar-refractivity contribution in [1.29, 1.82) is 0 Å². The van der Waals surface area contributed by atoms with Crippen molar-refractivity contribution in [3.8, 4) is 17.2 Å². The summed E-state index contributed by atoms with van der Waals surface area (Å²) in [5.74, 6) is 0.839. The molecular weight excluding hydrogens is 444 g/mol. The number of ether oxygens (including phenoxy) is 2. The van der Waals surface area contributed by atoms with Crippen LogP contribution in [0, 0.1) is 0 Å². The summed E-state index contributed by atoms with van der Waals surface area (Å²) >= 11 is 0. The molecule has 0 unspecified atom stereocenters. The van der Waals surface area contributed by atoms with Crippen LogP contribution in [0.4, 0.5) is 10.5 Å². The number of hydrogen-bond acceptors (Lipinski definition) is 7. The van der Waals surface area contributed by atoms with Crippen LogP contribution in [0.2, 0.25) is 0 Å². The Kier molecular flexibility index (Phi) is 6.55. The Morgan fingerprint density at radius 3 is 2.12 bits per heavy atom. The zero-order valence-corrected chi connectivity index (χ0v) is 18.2. The molecule has 8 nitrogen and oxygen atoms in total. The SMILES string of the molecule is O=C(OCc1ccccc1)n1cc(O)c(NS(O)(O)c2ccc(Oc3ccccc3)cc2)c1. The lowest BCUT2D eigenvalue weighted by molar-refractivity contribution is 0.141. The van der Waals surface area contributed by atoms with Gasteiger partial charge in [-0.05, 0) is 42.0 Å². The number of benzene rings is 3. The molecule has 0 spiro atoms. The predicted molar refractivity (Wildman–Crippen MR) is 126 cm³/mol. The third kappa shape index (κ3) is 5.66. The molecule has 0 aliphatic carbocycles. The summed E-state index contributed by atoms with van der Waals surface area (Å²) < 4.78 is 35.6. The van der Waals surface area contributed by atoms with Gasteiger partial charge < -0.3 is 14.6 Å². The highest BCUT2D eigenvalue weighted by Crippen LogP contribution is 2.49. The lowest BCUT2D eigenvalue weighted by Crippen LogP contribution is -2.12. The van der Waals surface area contributed by atoms with Crippen LogP contribution >= 0.6 is 10.8 Å². The van der Waals surface area contributed by atoms with Gasteiger partial charge in [-0.15, -0.1) is 0 Å². The van der Waals surface area contributed by atoms with Gasteiger partial charge in [0.2, 0.25) is 0 Å². The van der Waals surface area contributed by atoms with Crippen LogP contribution in [-0.2, 0) is 11.3 Å². The number of carbonyl (C=O) groups is 1. The number of aromatic hydroxyl groups is 1. The van der Waals surface area contributed by atoms with Gasteiger partial charge in [0.1, 0.15) is 23.8 Å². The second-order valence-corrected chi connectivity index (χ2v) is 8.82. The number of rotatable bonds is 7. The molecular formula is C24H22N2O6S. The van der Waals surface area contributed by atoms with Crippen LogP contribution in [0.1, 0.15) is 5.56 Å². The summed E-state index contributed by atoms with van der Waals surface area (Å²) in [7, 11) is -3.52. The van der Waals surface area contributed by atoms with Crippen LogP contribution in [-0.4, -0.2) is 24.9 Å². The quantitative estimate of drug-likeness (QED) is 0.252. The zero-order valence-electron chi connectivity index (χ0n) is 17.4. The molecule has 0 fully saturated rings. The number of nitrogens with one attached hydrogen (secondary N) is 1. The Bertz CT molecular complexity index is 1210. The average Bonchev–Trinajstić information content (AvgIpc) is 3.19. The van der Waals surface area contributed by atoms with Gasteiger partial charge in [0.05, 0.1) is 11.1 Å². The van der Waals surface area contributed by atoms with Gasteiger partial charge >= 0.3 is 6.09 Å². The van der Waals surface area contributed by atoms with Crippen LogP contribution in [0.5, 0.6) is 17.2 Å². The first-order valence-electron chi connectivity index (χ1n) is 9.92. The van der Waals surface area contributed by atoms with Gasteiger partial charge in [-0.2, -0.15) is 0 Å². The van der Waals surface area contributed by atoms with Crippen LogP contribution in [0.25, 0.3) is 0 Å². The molecule has 0 atom stereocenters. The molecule has 33 heavy (non-hydrogen) atoms. The van der Waals surface area contributed by atoms with Gasteiger partial charge in [0.25, 0.3) is 0 Å². The third-order valence-electron chi connectivity index (χ3n) is 4.61. The number of carbonyl (C=O) groups excluding carboxylic acids is 1. The number of aromatic nitrogens is 1. The molecule has 170 valence electrons. The standard InChI is InChI=1S/C24H22N2O6S/c27-23-16-26(24(28)31-17-18-7-3-1-4-8-18)15-22(23)25-33(29,30)21-13-11-20(12-14-21)32-19-9-5-2-6-10-19/h1-16,25,27,29-30H,17H2. The smallest absolute Gasteiger partial charge is 0.418 e. The molecule has 9 heteroatoms. The number of para-hydroxylation sites is 1. The van der Waals surface area contributed by atoms with E-state index in [4.69, 9.17) is 9.47 Å². The lowest BCUT2D eigenvalue weighted by atomic mass is 10.2. The van der Waals surface area contributed by atoms with Gasteiger partial charge in [0, 0.05) is 6.20 Å². The molecule has 4 rings (SSSR count). The molecule has 4 N–H and O–H groups in total. The van der Waals surface area contributed by atoms with Gasteiger partial charge in [0.15, 0.2) is 5.75 Å². The molecule has 4 aromatic rings. The van der Waals surface area contributed by atoms with Crippen molar-refractivity contribution < 1.29 is 28.5 Å². The van der Waals surface area contributed by atoms with Crippen molar-refractivity contribution in [2.75, 3.05) is 4.72 Å². The van der Waals surface area contributed by atoms with Crippen molar-refractivity contribution >= 4 is 22.6 Å². The Morgan fingerprint density at radius 2 is 1.45 bits per heavy atom.